The summed E-state index contributed by atoms with van der Waals surface area (Å²) in [6.07, 6.45) is -5.29. The third kappa shape index (κ3) is 6.07. The van der Waals surface area contributed by atoms with Gasteiger partial charge in [-0.3, -0.25) is 9.69 Å². The van der Waals surface area contributed by atoms with Crippen LogP contribution < -0.4 is 5.32 Å². The maximum absolute atomic E-state index is 14.1. The molecule has 2 atom stereocenters. The highest BCUT2D eigenvalue weighted by molar-refractivity contribution is 5.89. The van der Waals surface area contributed by atoms with Crippen LogP contribution in [0.5, 0.6) is 0 Å². The maximum atomic E-state index is 14.1. The van der Waals surface area contributed by atoms with Gasteiger partial charge < -0.3 is 10.1 Å². The molecule has 1 aliphatic heterocycles. The summed E-state index contributed by atoms with van der Waals surface area (Å²) in [5, 5.41) is 2.68. The molecule has 1 aliphatic rings. The molecule has 2 aromatic rings. The van der Waals surface area contributed by atoms with E-state index in [1.54, 1.807) is 19.1 Å². The van der Waals surface area contributed by atoms with Crippen LogP contribution in [0, 0.1) is 0 Å². The van der Waals surface area contributed by atoms with Gasteiger partial charge in [-0.1, -0.05) is 30.3 Å². The number of rotatable bonds is 6. The highest BCUT2D eigenvalue weighted by Crippen LogP contribution is 2.35. The van der Waals surface area contributed by atoms with Gasteiger partial charge in [0.1, 0.15) is 0 Å². The van der Waals surface area contributed by atoms with Crippen LogP contribution in [0.25, 0.3) is 0 Å². The van der Waals surface area contributed by atoms with Crippen LogP contribution in [-0.2, 0) is 22.3 Å². The second-order valence-electron chi connectivity index (χ2n) is 8.02. The average Bonchev–Trinajstić information content (AvgIpc) is 3.06. The number of hydrogen-bond acceptors (Lipinski definition) is 4. The first kappa shape index (κ1) is 24.6. The Morgan fingerprint density at radius 1 is 1.18 bits per heavy atom. The highest BCUT2D eigenvalue weighted by Gasteiger charge is 2.48. The van der Waals surface area contributed by atoms with Crippen molar-refractivity contribution >= 4 is 11.9 Å². The molecule has 0 radical (unpaired) electrons. The number of nitrogens with zero attached hydrogens (tertiary/aromatic N) is 1. The lowest BCUT2D eigenvalue weighted by molar-refractivity contribution is -0.137. The Bertz CT molecular complexity index is 1010. The van der Waals surface area contributed by atoms with Gasteiger partial charge in [0.15, 0.2) is 0 Å². The van der Waals surface area contributed by atoms with Crippen molar-refractivity contribution in [3.05, 3.63) is 70.8 Å². The molecule has 0 aliphatic carbocycles. The van der Waals surface area contributed by atoms with Gasteiger partial charge in [0.25, 0.3) is 5.92 Å². The maximum Gasteiger partial charge on any atom is 0.416 e. The Morgan fingerprint density at radius 3 is 2.45 bits per heavy atom. The minimum atomic E-state index is -4.55. The van der Waals surface area contributed by atoms with Gasteiger partial charge in [0.2, 0.25) is 5.91 Å². The summed E-state index contributed by atoms with van der Waals surface area (Å²) >= 11 is 0. The molecular formula is C23H23F5N2O3. The fourth-order valence-electron chi connectivity index (χ4n) is 3.81. The molecule has 33 heavy (non-hydrogen) atoms. The van der Waals surface area contributed by atoms with E-state index < -0.39 is 54.6 Å². The van der Waals surface area contributed by atoms with Crippen LogP contribution in [0.15, 0.2) is 48.5 Å². The molecular weight excluding hydrogens is 447 g/mol. The van der Waals surface area contributed by atoms with Crippen molar-refractivity contribution < 1.29 is 36.3 Å². The summed E-state index contributed by atoms with van der Waals surface area (Å²) in [4.78, 5) is 25.6. The Morgan fingerprint density at radius 2 is 1.85 bits per heavy atom. The number of hydrogen-bond donors (Lipinski definition) is 1. The molecule has 178 valence electrons. The van der Waals surface area contributed by atoms with Crippen LogP contribution in [0.4, 0.5) is 22.0 Å². The van der Waals surface area contributed by atoms with Crippen molar-refractivity contribution in [3.63, 3.8) is 0 Å². The molecule has 5 nitrogen and oxygen atoms in total. The van der Waals surface area contributed by atoms with Crippen LogP contribution in [0.3, 0.4) is 0 Å². The minimum Gasteiger partial charge on any atom is -0.465 e. The average molecular weight is 470 g/mol. The quantitative estimate of drug-likeness (QED) is 0.496. The Labute approximate surface area is 187 Å². The van der Waals surface area contributed by atoms with E-state index in [1.807, 2.05) is 0 Å². The topological polar surface area (TPSA) is 58.6 Å². The molecule has 0 bridgehead atoms. The zero-order chi connectivity index (χ0) is 24.4. The van der Waals surface area contributed by atoms with Gasteiger partial charge >= 0.3 is 12.1 Å². The molecule has 10 heteroatoms. The van der Waals surface area contributed by atoms with Gasteiger partial charge in [-0.15, -0.1) is 0 Å². The van der Waals surface area contributed by atoms with E-state index in [0.717, 1.165) is 12.1 Å². The van der Waals surface area contributed by atoms with Crippen LogP contribution >= 0.6 is 0 Å². The number of esters is 1. The zero-order valence-electron chi connectivity index (χ0n) is 18.0. The van der Waals surface area contributed by atoms with Gasteiger partial charge in [-0.05, 0) is 36.2 Å². The van der Waals surface area contributed by atoms with E-state index in [-0.39, 0.29) is 12.1 Å². The molecule has 3 rings (SSSR count). The number of amides is 1. The lowest BCUT2D eigenvalue weighted by Gasteiger charge is -2.25. The Hall–Kier alpha value is -3.01. The summed E-state index contributed by atoms with van der Waals surface area (Å²) in [7, 11) is 1.25. The van der Waals surface area contributed by atoms with E-state index in [4.69, 9.17) is 0 Å². The molecule has 0 aromatic heterocycles. The summed E-state index contributed by atoms with van der Waals surface area (Å²) in [6, 6.07) is 8.94. The number of methoxy groups -OCH3 is 1. The van der Waals surface area contributed by atoms with Crippen molar-refractivity contribution in [2.75, 3.05) is 13.7 Å². The van der Waals surface area contributed by atoms with E-state index in [0.29, 0.717) is 11.1 Å². The fourth-order valence-corrected chi connectivity index (χ4v) is 3.81. The van der Waals surface area contributed by atoms with Gasteiger partial charge in [0, 0.05) is 13.0 Å². The summed E-state index contributed by atoms with van der Waals surface area (Å²) in [6.45, 7) is 0.707. The standard InChI is InChI=1S/C23H23F5N2O3/c1-14(16-6-8-17(9-7-16)21(32)33-2)29-20(31)19-11-22(24,25)13-30(19)12-15-4-3-5-18(10-15)23(26,27)28/h3-10,14,19H,11-13H2,1-2H3,(H,29,31)/t14-,19?/m0/s1. The zero-order valence-corrected chi connectivity index (χ0v) is 18.0. The largest absolute Gasteiger partial charge is 0.465 e. The SMILES string of the molecule is COC(=O)c1ccc([C@H](C)NC(=O)C2CC(F)(F)CN2Cc2cccc(C(F)(F)F)c2)cc1. The Balaban J connectivity index is 1.72. The molecule has 1 heterocycles. The normalized spacial score (nSPS) is 19.2. The van der Waals surface area contributed by atoms with Gasteiger partial charge in [-0.2, -0.15) is 13.2 Å². The smallest absolute Gasteiger partial charge is 0.416 e. The van der Waals surface area contributed by atoms with Crippen molar-refractivity contribution in [2.45, 2.75) is 44.1 Å². The minimum absolute atomic E-state index is 0.187. The van der Waals surface area contributed by atoms with Crippen LogP contribution in [-0.4, -0.2) is 42.4 Å². The van der Waals surface area contributed by atoms with Gasteiger partial charge in [-0.25, -0.2) is 13.6 Å². The third-order valence-electron chi connectivity index (χ3n) is 5.50. The lowest BCUT2D eigenvalue weighted by Crippen LogP contribution is -2.43. The number of carbonyl (C=O) groups excluding carboxylic acids is 2. The molecule has 1 amide bonds. The van der Waals surface area contributed by atoms with Crippen molar-refractivity contribution in [1.29, 1.82) is 0 Å². The molecule has 2 aromatic carbocycles. The first-order valence-electron chi connectivity index (χ1n) is 10.2. The number of nitrogens with one attached hydrogen (secondary N) is 1. The number of ether oxygens (including phenoxy) is 1. The summed E-state index contributed by atoms with van der Waals surface area (Å²) in [5.41, 5.74) is 0.274. The summed E-state index contributed by atoms with van der Waals surface area (Å²) in [5.74, 6) is -4.31. The number of carbonyl (C=O) groups is 2. The van der Waals surface area contributed by atoms with E-state index in [1.165, 1.54) is 36.3 Å². The third-order valence-corrected chi connectivity index (χ3v) is 5.50. The number of halogens is 5. The van der Waals surface area contributed by atoms with E-state index >= 15 is 0 Å². The highest BCUT2D eigenvalue weighted by atomic mass is 19.4. The van der Waals surface area contributed by atoms with Crippen LogP contribution in [0.1, 0.15) is 46.4 Å². The predicted molar refractivity (Wildman–Crippen MR) is 110 cm³/mol. The number of benzene rings is 2. The van der Waals surface area contributed by atoms with Crippen molar-refractivity contribution in [2.24, 2.45) is 0 Å². The molecule has 0 saturated carbocycles. The first-order chi connectivity index (χ1) is 15.4. The number of alkyl halides is 5. The molecule has 1 fully saturated rings. The van der Waals surface area contributed by atoms with Crippen molar-refractivity contribution in [3.8, 4) is 0 Å². The number of likely N-dealkylation sites (tertiary alicyclic amines) is 1. The second-order valence-corrected chi connectivity index (χ2v) is 8.02. The molecule has 0 spiro atoms. The molecule has 1 unspecified atom stereocenters. The van der Waals surface area contributed by atoms with E-state index in [2.05, 4.69) is 10.1 Å². The lowest BCUT2D eigenvalue weighted by atomic mass is 10.0. The van der Waals surface area contributed by atoms with Crippen LogP contribution in [0.2, 0.25) is 0 Å². The van der Waals surface area contributed by atoms with Crippen molar-refractivity contribution in [1.82, 2.24) is 10.2 Å². The second kappa shape index (κ2) is 9.46. The Kier molecular flexibility index (Phi) is 7.06. The summed E-state index contributed by atoms with van der Waals surface area (Å²) < 4.78 is 71.9. The molecule has 1 saturated heterocycles. The predicted octanol–water partition coefficient (Wildman–Crippen LogP) is 4.58. The monoisotopic (exact) mass is 470 g/mol. The fraction of sp³-hybridized carbons (Fsp3) is 0.391. The molecule has 1 N–H and O–H groups in total. The van der Waals surface area contributed by atoms with E-state index in [9.17, 15) is 31.5 Å². The van der Waals surface area contributed by atoms with Gasteiger partial charge in [0.05, 0.1) is 36.9 Å². The first-order valence-corrected chi connectivity index (χ1v) is 10.2.